The number of ether oxygens (including phenoxy) is 1. The molecule has 0 spiro atoms. The van der Waals surface area contributed by atoms with Crippen LogP contribution in [0.1, 0.15) is 26.3 Å². The van der Waals surface area contributed by atoms with Gasteiger partial charge in [0.15, 0.2) is 0 Å². The Labute approximate surface area is 96.1 Å². The summed E-state index contributed by atoms with van der Waals surface area (Å²) in [4.78, 5) is 11.3. The summed E-state index contributed by atoms with van der Waals surface area (Å²) in [5.41, 5.74) is 0.559. The number of amides is 1. The highest BCUT2D eigenvalue weighted by Gasteiger charge is 2.14. The zero-order valence-corrected chi connectivity index (χ0v) is 9.86. The molecule has 0 aliphatic carbocycles. The normalized spacial score (nSPS) is 11.4. The lowest BCUT2D eigenvalue weighted by Crippen LogP contribution is -2.29. The van der Waals surface area contributed by atoms with Crippen LogP contribution in [-0.4, -0.2) is 11.7 Å². The van der Waals surface area contributed by atoms with Crippen LogP contribution in [0.25, 0.3) is 6.08 Å². The van der Waals surface area contributed by atoms with Crippen molar-refractivity contribution >= 4 is 12.2 Å². The number of carbonyl (C=O) groups excluding carboxylic acids is 1. The second-order valence-corrected chi connectivity index (χ2v) is 4.39. The van der Waals surface area contributed by atoms with Gasteiger partial charge in [0.05, 0.1) is 0 Å². The SMILES string of the molecule is CC(C)(C)OC(=O)NC=Cc1ccccc1. The Bertz CT molecular complexity index is 363. The molecule has 0 atom stereocenters. The van der Waals surface area contributed by atoms with Crippen molar-refractivity contribution in [3.8, 4) is 0 Å². The van der Waals surface area contributed by atoms with E-state index < -0.39 is 11.7 Å². The molecule has 0 heterocycles. The Morgan fingerprint density at radius 2 is 1.88 bits per heavy atom. The maximum absolute atomic E-state index is 11.3. The first-order valence-electron chi connectivity index (χ1n) is 5.18. The molecule has 0 radical (unpaired) electrons. The van der Waals surface area contributed by atoms with Crippen LogP contribution in [0.4, 0.5) is 4.79 Å². The third-order valence-electron chi connectivity index (χ3n) is 1.68. The number of rotatable bonds is 2. The van der Waals surface area contributed by atoms with Crippen LogP contribution in [0, 0.1) is 0 Å². The van der Waals surface area contributed by atoms with Gasteiger partial charge in [-0.05, 0) is 32.4 Å². The molecule has 1 aromatic carbocycles. The highest BCUT2D eigenvalue weighted by molar-refractivity contribution is 5.70. The average Bonchev–Trinajstić information content (AvgIpc) is 2.16. The van der Waals surface area contributed by atoms with Gasteiger partial charge in [0.2, 0.25) is 0 Å². The first-order chi connectivity index (χ1) is 7.47. The number of hydrogen-bond acceptors (Lipinski definition) is 2. The molecule has 0 saturated heterocycles. The fourth-order valence-corrected chi connectivity index (χ4v) is 1.08. The van der Waals surface area contributed by atoms with Gasteiger partial charge in [-0.2, -0.15) is 0 Å². The lowest BCUT2D eigenvalue weighted by Gasteiger charge is -2.18. The van der Waals surface area contributed by atoms with E-state index in [4.69, 9.17) is 4.74 Å². The van der Waals surface area contributed by atoms with E-state index in [1.54, 1.807) is 6.20 Å². The van der Waals surface area contributed by atoms with E-state index in [0.717, 1.165) is 5.56 Å². The van der Waals surface area contributed by atoms with E-state index in [1.807, 2.05) is 57.2 Å². The third kappa shape index (κ3) is 5.20. The molecular weight excluding hydrogens is 202 g/mol. The predicted octanol–water partition coefficient (Wildman–Crippen LogP) is 3.18. The molecule has 0 saturated carbocycles. The third-order valence-corrected chi connectivity index (χ3v) is 1.68. The molecule has 1 amide bonds. The summed E-state index contributed by atoms with van der Waals surface area (Å²) >= 11 is 0. The maximum Gasteiger partial charge on any atom is 0.411 e. The first-order valence-corrected chi connectivity index (χ1v) is 5.18. The van der Waals surface area contributed by atoms with Crippen molar-refractivity contribution in [2.75, 3.05) is 0 Å². The number of carbonyl (C=O) groups is 1. The van der Waals surface area contributed by atoms with Crippen molar-refractivity contribution < 1.29 is 9.53 Å². The minimum absolute atomic E-state index is 0.445. The van der Waals surface area contributed by atoms with E-state index >= 15 is 0 Å². The van der Waals surface area contributed by atoms with E-state index in [0.29, 0.717) is 0 Å². The summed E-state index contributed by atoms with van der Waals surface area (Å²) in [5.74, 6) is 0. The predicted molar refractivity (Wildman–Crippen MR) is 64.8 cm³/mol. The molecule has 1 N–H and O–H groups in total. The molecule has 0 aliphatic heterocycles. The van der Waals surface area contributed by atoms with Crippen molar-refractivity contribution in [2.45, 2.75) is 26.4 Å². The molecule has 0 bridgehead atoms. The summed E-state index contributed by atoms with van der Waals surface area (Å²) in [6, 6.07) is 9.72. The molecule has 0 unspecified atom stereocenters. The molecule has 1 aromatic rings. The lowest BCUT2D eigenvalue weighted by molar-refractivity contribution is 0.0553. The van der Waals surface area contributed by atoms with Gasteiger partial charge < -0.3 is 4.74 Å². The summed E-state index contributed by atoms with van der Waals surface area (Å²) in [7, 11) is 0. The van der Waals surface area contributed by atoms with Gasteiger partial charge in [-0.15, -0.1) is 0 Å². The molecule has 86 valence electrons. The number of alkyl carbamates (subject to hydrolysis) is 1. The number of hydrogen-bond donors (Lipinski definition) is 1. The molecule has 1 rings (SSSR count). The zero-order chi connectivity index (χ0) is 12.0. The lowest BCUT2D eigenvalue weighted by atomic mass is 10.2. The van der Waals surface area contributed by atoms with Crippen molar-refractivity contribution in [1.29, 1.82) is 0 Å². The first kappa shape index (κ1) is 12.3. The molecule has 0 fully saturated rings. The minimum Gasteiger partial charge on any atom is -0.444 e. The molecule has 0 aliphatic rings. The van der Waals surface area contributed by atoms with Gasteiger partial charge in [0.25, 0.3) is 0 Å². The van der Waals surface area contributed by atoms with Crippen LogP contribution in [0.2, 0.25) is 0 Å². The quantitative estimate of drug-likeness (QED) is 0.829. The van der Waals surface area contributed by atoms with Crippen LogP contribution in [-0.2, 0) is 4.74 Å². The molecule has 3 nitrogen and oxygen atoms in total. The fourth-order valence-electron chi connectivity index (χ4n) is 1.08. The van der Waals surface area contributed by atoms with Crippen LogP contribution in [0.3, 0.4) is 0 Å². The summed E-state index contributed by atoms with van der Waals surface area (Å²) < 4.78 is 5.07. The second-order valence-electron chi connectivity index (χ2n) is 4.39. The molecule has 3 heteroatoms. The van der Waals surface area contributed by atoms with Gasteiger partial charge in [-0.3, -0.25) is 5.32 Å². The smallest absolute Gasteiger partial charge is 0.411 e. The van der Waals surface area contributed by atoms with Crippen molar-refractivity contribution in [3.63, 3.8) is 0 Å². The highest BCUT2D eigenvalue weighted by Crippen LogP contribution is 2.06. The number of nitrogens with one attached hydrogen (secondary N) is 1. The van der Waals surface area contributed by atoms with E-state index in [2.05, 4.69) is 5.32 Å². The Morgan fingerprint density at radius 1 is 1.25 bits per heavy atom. The molecular formula is C13H17NO2. The van der Waals surface area contributed by atoms with Crippen LogP contribution in [0.5, 0.6) is 0 Å². The highest BCUT2D eigenvalue weighted by atomic mass is 16.6. The Hall–Kier alpha value is -1.77. The van der Waals surface area contributed by atoms with E-state index in [-0.39, 0.29) is 0 Å². The van der Waals surface area contributed by atoms with Gasteiger partial charge in [-0.25, -0.2) is 4.79 Å². The van der Waals surface area contributed by atoms with Gasteiger partial charge >= 0.3 is 6.09 Å². The Morgan fingerprint density at radius 3 is 2.44 bits per heavy atom. The van der Waals surface area contributed by atoms with E-state index in [9.17, 15) is 4.79 Å². The van der Waals surface area contributed by atoms with Gasteiger partial charge in [0, 0.05) is 6.20 Å². The monoisotopic (exact) mass is 219 g/mol. The van der Waals surface area contributed by atoms with Gasteiger partial charge in [-0.1, -0.05) is 30.3 Å². The van der Waals surface area contributed by atoms with E-state index in [1.165, 1.54) is 0 Å². The topological polar surface area (TPSA) is 38.3 Å². The van der Waals surface area contributed by atoms with Crippen molar-refractivity contribution in [2.24, 2.45) is 0 Å². The van der Waals surface area contributed by atoms with Gasteiger partial charge in [0.1, 0.15) is 5.60 Å². The molecule has 16 heavy (non-hydrogen) atoms. The van der Waals surface area contributed by atoms with Crippen LogP contribution in [0.15, 0.2) is 36.5 Å². The molecule has 0 aromatic heterocycles. The average molecular weight is 219 g/mol. The Balaban J connectivity index is 2.41. The summed E-state index contributed by atoms with van der Waals surface area (Å²) in [6.45, 7) is 5.48. The maximum atomic E-state index is 11.3. The second kappa shape index (κ2) is 5.35. The Kier molecular flexibility index (Phi) is 4.11. The summed E-state index contributed by atoms with van der Waals surface area (Å²) in [5, 5.41) is 2.55. The fraction of sp³-hybridized carbons (Fsp3) is 0.308. The minimum atomic E-state index is -0.468. The van der Waals surface area contributed by atoms with Crippen LogP contribution >= 0.6 is 0 Å². The van der Waals surface area contributed by atoms with Crippen molar-refractivity contribution in [3.05, 3.63) is 42.1 Å². The number of benzene rings is 1. The van der Waals surface area contributed by atoms with Crippen LogP contribution < -0.4 is 5.32 Å². The summed E-state index contributed by atoms with van der Waals surface area (Å²) in [6.07, 6.45) is 2.94. The zero-order valence-electron chi connectivity index (χ0n) is 9.86. The van der Waals surface area contributed by atoms with Crippen molar-refractivity contribution in [1.82, 2.24) is 5.32 Å². The largest absolute Gasteiger partial charge is 0.444 e. The standard InChI is InChI=1S/C13H17NO2/c1-13(2,3)16-12(15)14-10-9-11-7-5-4-6-8-11/h4-10H,1-3H3,(H,14,15).